The highest BCUT2D eigenvalue weighted by molar-refractivity contribution is 6.04. The number of aromatic nitrogens is 1. The van der Waals surface area contributed by atoms with Gasteiger partial charge in [-0.05, 0) is 23.8 Å². The molecule has 0 spiro atoms. The zero-order chi connectivity index (χ0) is 23.9. The number of fused-ring (bicyclic) bond motifs is 3. The van der Waals surface area contributed by atoms with Crippen LogP contribution in [0.4, 0.5) is 11.4 Å². The molecule has 1 aromatic heterocycles. The number of nitriles is 2. The molecule has 8 heteroatoms. The van der Waals surface area contributed by atoms with E-state index in [4.69, 9.17) is 0 Å². The molecule has 0 radical (unpaired) electrons. The Morgan fingerprint density at radius 1 is 1.06 bits per heavy atom. The molecular weight excluding hydrogens is 430 g/mol. The van der Waals surface area contributed by atoms with E-state index >= 15 is 0 Å². The number of ketones is 1. The van der Waals surface area contributed by atoms with Crippen molar-refractivity contribution in [1.29, 1.82) is 10.5 Å². The number of anilines is 1. The average Bonchev–Trinajstić information content (AvgIpc) is 3.20. The quantitative estimate of drug-likeness (QED) is 0.332. The van der Waals surface area contributed by atoms with Crippen LogP contribution in [0.25, 0.3) is 6.08 Å². The van der Waals surface area contributed by atoms with Gasteiger partial charge in [0.1, 0.15) is 6.04 Å². The minimum absolute atomic E-state index is 0.171. The van der Waals surface area contributed by atoms with Gasteiger partial charge in [-0.2, -0.15) is 10.5 Å². The second kappa shape index (κ2) is 7.95. The average molecular weight is 447 g/mol. The molecule has 2 aromatic carbocycles. The third kappa shape index (κ3) is 2.97. The summed E-state index contributed by atoms with van der Waals surface area (Å²) in [5.41, 5.74) is 0.221. The van der Waals surface area contributed by atoms with Crippen molar-refractivity contribution in [3.05, 3.63) is 106 Å². The summed E-state index contributed by atoms with van der Waals surface area (Å²) in [6.45, 7) is 0. The number of hydrogen-bond donors (Lipinski definition) is 0. The molecule has 0 aliphatic carbocycles. The van der Waals surface area contributed by atoms with Gasteiger partial charge in [0.2, 0.25) is 0 Å². The maximum absolute atomic E-state index is 14.0. The van der Waals surface area contributed by atoms with Crippen LogP contribution in [0.1, 0.15) is 27.5 Å². The molecule has 5 rings (SSSR count). The summed E-state index contributed by atoms with van der Waals surface area (Å²) in [5.74, 6) is -1.23. The van der Waals surface area contributed by atoms with Gasteiger partial charge in [0.25, 0.3) is 5.69 Å². The first kappa shape index (κ1) is 21.0. The fourth-order valence-electron chi connectivity index (χ4n) is 5.09. The second-order valence-corrected chi connectivity index (χ2v) is 8.22. The molecule has 0 saturated carbocycles. The lowest BCUT2D eigenvalue weighted by molar-refractivity contribution is -0.384. The van der Waals surface area contributed by atoms with E-state index in [1.54, 1.807) is 71.8 Å². The summed E-state index contributed by atoms with van der Waals surface area (Å²) < 4.78 is 0. The Morgan fingerprint density at radius 2 is 1.82 bits per heavy atom. The predicted molar refractivity (Wildman–Crippen MR) is 124 cm³/mol. The Bertz CT molecular complexity index is 1410. The van der Waals surface area contributed by atoms with Gasteiger partial charge >= 0.3 is 0 Å². The van der Waals surface area contributed by atoms with Crippen LogP contribution in [0, 0.1) is 38.2 Å². The number of nitro benzene ring substituents is 1. The standard InChI is InChI=1S/C26H17N5O3/c27-15-26(16-28)22-12-11-20-21(10-5-13-29-20)30(22)24(25(32)17-6-2-1-3-7-17)23(26)18-8-4-9-19(14-18)31(33)34/h1-14,22-24H/t22-,23+,24+/m0/s1. The smallest absolute Gasteiger partial charge is 0.269 e. The number of hydrogen-bond acceptors (Lipinski definition) is 7. The van der Waals surface area contributed by atoms with Gasteiger partial charge in [-0.25, -0.2) is 0 Å². The highest BCUT2D eigenvalue weighted by atomic mass is 16.6. The molecule has 0 unspecified atom stereocenters. The molecule has 1 fully saturated rings. The van der Waals surface area contributed by atoms with Crippen LogP contribution in [0.5, 0.6) is 0 Å². The molecular formula is C26H17N5O3. The number of non-ortho nitro benzene ring substituents is 1. The number of Topliss-reactive ketones (excluding diaryl/α,β-unsaturated/α-hetero) is 1. The molecule has 3 aromatic rings. The molecule has 0 bridgehead atoms. The fraction of sp³-hybridized carbons (Fsp3) is 0.154. The molecule has 3 heterocycles. The topological polar surface area (TPSA) is 124 Å². The van der Waals surface area contributed by atoms with Crippen LogP contribution in [-0.4, -0.2) is 27.8 Å². The van der Waals surface area contributed by atoms with Gasteiger partial charge in [0, 0.05) is 29.8 Å². The van der Waals surface area contributed by atoms with E-state index in [2.05, 4.69) is 17.1 Å². The number of benzene rings is 2. The Labute approximate surface area is 195 Å². The van der Waals surface area contributed by atoms with Crippen LogP contribution in [0.3, 0.4) is 0 Å². The largest absolute Gasteiger partial charge is 0.349 e. The zero-order valence-corrected chi connectivity index (χ0v) is 17.8. The normalized spacial score (nSPS) is 21.6. The summed E-state index contributed by atoms with van der Waals surface area (Å²) in [4.78, 5) is 31.1. The molecule has 1 saturated heterocycles. The van der Waals surface area contributed by atoms with Crippen molar-refractivity contribution in [3.8, 4) is 12.1 Å². The van der Waals surface area contributed by atoms with Gasteiger partial charge in [0.15, 0.2) is 11.2 Å². The highest BCUT2D eigenvalue weighted by Gasteiger charge is 2.63. The summed E-state index contributed by atoms with van der Waals surface area (Å²) in [6.07, 6.45) is 5.11. The SMILES string of the molecule is N#CC1(C#N)[C@H](c2cccc([N+](=O)[O-])c2)[C@H](C(=O)c2ccccc2)N2c3cccnc3C=C[C@H]21. The summed E-state index contributed by atoms with van der Waals surface area (Å²) >= 11 is 0. The van der Waals surface area contributed by atoms with Crippen LogP contribution in [0.2, 0.25) is 0 Å². The first-order chi connectivity index (χ1) is 16.5. The first-order valence-corrected chi connectivity index (χ1v) is 10.6. The summed E-state index contributed by atoms with van der Waals surface area (Å²) in [5, 5.41) is 32.3. The van der Waals surface area contributed by atoms with E-state index in [9.17, 15) is 25.4 Å². The Kier molecular flexibility index (Phi) is 4.92. The molecule has 164 valence electrons. The van der Waals surface area contributed by atoms with E-state index in [1.165, 1.54) is 18.2 Å². The van der Waals surface area contributed by atoms with Crippen molar-refractivity contribution >= 4 is 23.2 Å². The van der Waals surface area contributed by atoms with Gasteiger partial charge in [-0.15, -0.1) is 0 Å². The lowest BCUT2D eigenvalue weighted by Gasteiger charge is -2.34. The van der Waals surface area contributed by atoms with Crippen molar-refractivity contribution < 1.29 is 9.72 Å². The fourth-order valence-corrected chi connectivity index (χ4v) is 5.09. The molecule has 8 nitrogen and oxygen atoms in total. The summed E-state index contributed by atoms with van der Waals surface area (Å²) in [7, 11) is 0. The molecule has 3 atom stereocenters. The maximum Gasteiger partial charge on any atom is 0.269 e. The number of rotatable bonds is 4. The van der Waals surface area contributed by atoms with Crippen molar-refractivity contribution in [1.82, 2.24) is 4.98 Å². The number of carbonyl (C=O) groups is 1. The maximum atomic E-state index is 14.0. The van der Waals surface area contributed by atoms with Crippen molar-refractivity contribution in [2.75, 3.05) is 4.90 Å². The third-order valence-corrected chi connectivity index (χ3v) is 6.54. The van der Waals surface area contributed by atoms with Gasteiger partial charge in [0.05, 0.1) is 34.5 Å². The summed E-state index contributed by atoms with van der Waals surface area (Å²) in [6, 6.07) is 20.7. The van der Waals surface area contributed by atoms with Crippen molar-refractivity contribution in [2.24, 2.45) is 5.41 Å². The molecule has 2 aliphatic rings. The minimum Gasteiger partial charge on any atom is -0.349 e. The van der Waals surface area contributed by atoms with E-state index in [0.717, 1.165) is 0 Å². The zero-order valence-electron chi connectivity index (χ0n) is 17.8. The number of carbonyl (C=O) groups excluding carboxylic acids is 1. The lowest BCUT2D eigenvalue weighted by Crippen LogP contribution is -2.44. The Morgan fingerprint density at radius 3 is 2.53 bits per heavy atom. The van der Waals surface area contributed by atoms with Crippen molar-refractivity contribution in [3.63, 3.8) is 0 Å². The van der Waals surface area contributed by atoms with E-state index in [0.29, 0.717) is 22.5 Å². The van der Waals surface area contributed by atoms with Crippen molar-refractivity contribution in [2.45, 2.75) is 18.0 Å². The number of nitrogens with zero attached hydrogens (tertiary/aromatic N) is 5. The first-order valence-electron chi connectivity index (χ1n) is 10.6. The van der Waals surface area contributed by atoms with Crippen LogP contribution in [-0.2, 0) is 0 Å². The third-order valence-electron chi connectivity index (χ3n) is 6.54. The van der Waals surface area contributed by atoms with E-state index < -0.39 is 28.3 Å². The van der Waals surface area contributed by atoms with Gasteiger partial charge in [-0.3, -0.25) is 19.9 Å². The molecule has 34 heavy (non-hydrogen) atoms. The molecule has 2 aliphatic heterocycles. The molecule has 0 N–H and O–H groups in total. The lowest BCUT2D eigenvalue weighted by atomic mass is 9.69. The molecule has 0 amide bonds. The minimum atomic E-state index is -1.67. The monoisotopic (exact) mass is 447 g/mol. The van der Waals surface area contributed by atoms with E-state index in [-0.39, 0.29) is 11.5 Å². The van der Waals surface area contributed by atoms with Crippen LogP contribution in [0.15, 0.2) is 79.0 Å². The number of nitro groups is 1. The van der Waals surface area contributed by atoms with Crippen LogP contribution < -0.4 is 4.90 Å². The highest BCUT2D eigenvalue weighted by Crippen LogP contribution is 2.55. The van der Waals surface area contributed by atoms with Gasteiger partial charge in [-0.1, -0.05) is 48.5 Å². The van der Waals surface area contributed by atoms with Crippen LogP contribution >= 0.6 is 0 Å². The van der Waals surface area contributed by atoms with E-state index in [1.807, 2.05) is 0 Å². The second-order valence-electron chi connectivity index (χ2n) is 8.22. The Balaban J connectivity index is 1.80. The number of pyridine rings is 1. The predicted octanol–water partition coefficient (Wildman–Crippen LogP) is 4.27. The Hall–Kier alpha value is -4.82. The van der Waals surface area contributed by atoms with Gasteiger partial charge < -0.3 is 4.90 Å².